The van der Waals surface area contributed by atoms with Crippen molar-refractivity contribution in [3.63, 3.8) is 0 Å². The summed E-state index contributed by atoms with van der Waals surface area (Å²) in [6.45, 7) is 10.3. The van der Waals surface area contributed by atoms with Gasteiger partial charge in [-0.3, -0.25) is 10.7 Å². The lowest BCUT2D eigenvalue weighted by Crippen LogP contribution is -2.49. The monoisotopic (exact) mass is 401 g/mol. The number of nitrogens with one attached hydrogen (secondary N) is 2. The van der Waals surface area contributed by atoms with Gasteiger partial charge >= 0.3 is 12.2 Å². The molecular formula is C21H27N3O5. The number of ether oxygens (including phenoxy) is 2. The number of hydrogen-bond donors (Lipinski definition) is 2. The number of hydrogen-bond acceptors (Lipinski definition) is 6. The van der Waals surface area contributed by atoms with Crippen molar-refractivity contribution in [2.24, 2.45) is 0 Å². The summed E-state index contributed by atoms with van der Waals surface area (Å²) in [6.07, 6.45) is -0.0796. The van der Waals surface area contributed by atoms with Crippen molar-refractivity contribution in [3.8, 4) is 11.3 Å². The van der Waals surface area contributed by atoms with Gasteiger partial charge in [0.2, 0.25) is 5.96 Å². The van der Waals surface area contributed by atoms with Gasteiger partial charge in [0.1, 0.15) is 17.0 Å². The fourth-order valence-corrected chi connectivity index (χ4v) is 2.31. The van der Waals surface area contributed by atoms with Crippen LogP contribution in [0, 0.1) is 5.41 Å². The van der Waals surface area contributed by atoms with E-state index < -0.39 is 29.3 Å². The van der Waals surface area contributed by atoms with Gasteiger partial charge in [-0.1, -0.05) is 0 Å². The molecule has 0 bridgehead atoms. The standard InChI is InChI=1S/C21H27N3O5/c1-20(2,3)28-18(25)23-17(22)24(19(26)29-21(4,5)6)15-11-9-14(10-12-15)16-8-7-13-27-16/h7-13H,1-6H3,(H2,22,23,25). The predicted molar refractivity (Wildman–Crippen MR) is 110 cm³/mol. The first-order valence-electron chi connectivity index (χ1n) is 9.11. The number of amides is 2. The van der Waals surface area contributed by atoms with Gasteiger partial charge in [-0.05, 0) is 77.9 Å². The molecular weight excluding hydrogens is 374 g/mol. The van der Waals surface area contributed by atoms with Crippen LogP contribution in [0.4, 0.5) is 15.3 Å². The van der Waals surface area contributed by atoms with Crippen LogP contribution in [0.5, 0.6) is 0 Å². The van der Waals surface area contributed by atoms with Crippen molar-refractivity contribution in [1.29, 1.82) is 5.41 Å². The molecule has 1 aromatic carbocycles. The number of rotatable bonds is 2. The van der Waals surface area contributed by atoms with Crippen LogP contribution in [-0.4, -0.2) is 29.3 Å². The van der Waals surface area contributed by atoms with E-state index >= 15 is 0 Å². The second-order valence-electron chi connectivity index (χ2n) is 8.32. The van der Waals surface area contributed by atoms with Crippen molar-refractivity contribution in [2.75, 3.05) is 4.90 Å². The Hall–Kier alpha value is -3.29. The SMILES string of the molecule is CC(C)(C)OC(=O)NC(=N)N(C(=O)OC(C)(C)C)c1ccc(-c2ccco2)cc1. The minimum Gasteiger partial charge on any atom is -0.464 e. The van der Waals surface area contributed by atoms with E-state index in [4.69, 9.17) is 19.3 Å². The lowest BCUT2D eigenvalue weighted by molar-refractivity contribution is 0.0559. The molecule has 2 amide bonds. The van der Waals surface area contributed by atoms with Gasteiger partial charge in [0.05, 0.1) is 12.0 Å². The maximum Gasteiger partial charge on any atom is 0.421 e. The third kappa shape index (κ3) is 6.67. The summed E-state index contributed by atoms with van der Waals surface area (Å²) in [6, 6.07) is 10.3. The third-order valence-corrected chi connectivity index (χ3v) is 3.35. The summed E-state index contributed by atoms with van der Waals surface area (Å²) in [5.74, 6) is 0.182. The zero-order valence-electron chi connectivity index (χ0n) is 17.5. The quantitative estimate of drug-likeness (QED) is 0.535. The van der Waals surface area contributed by atoms with Crippen LogP contribution in [-0.2, 0) is 9.47 Å². The Bertz CT molecular complexity index is 859. The molecule has 29 heavy (non-hydrogen) atoms. The van der Waals surface area contributed by atoms with Gasteiger partial charge in [-0.2, -0.15) is 0 Å². The van der Waals surface area contributed by atoms with Crippen molar-refractivity contribution < 1.29 is 23.5 Å². The van der Waals surface area contributed by atoms with E-state index in [-0.39, 0.29) is 0 Å². The number of benzene rings is 1. The van der Waals surface area contributed by atoms with E-state index in [0.717, 1.165) is 10.5 Å². The molecule has 8 heteroatoms. The number of anilines is 1. The van der Waals surface area contributed by atoms with E-state index in [1.54, 1.807) is 78.1 Å². The van der Waals surface area contributed by atoms with Crippen molar-refractivity contribution >= 4 is 23.8 Å². The van der Waals surface area contributed by atoms with Crippen LogP contribution in [0.3, 0.4) is 0 Å². The van der Waals surface area contributed by atoms with Crippen LogP contribution >= 0.6 is 0 Å². The topological polar surface area (TPSA) is 105 Å². The molecule has 8 nitrogen and oxygen atoms in total. The number of furan rings is 1. The fourth-order valence-electron chi connectivity index (χ4n) is 2.31. The summed E-state index contributed by atoms with van der Waals surface area (Å²) in [5.41, 5.74) is -0.383. The highest BCUT2D eigenvalue weighted by atomic mass is 16.6. The smallest absolute Gasteiger partial charge is 0.421 e. The first kappa shape index (κ1) is 22.0. The Balaban J connectivity index is 2.28. The molecule has 0 spiro atoms. The van der Waals surface area contributed by atoms with E-state index in [1.807, 2.05) is 6.07 Å². The first-order chi connectivity index (χ1) is 13.4. The molecule has 0 saturated carbocycles. The molecule has 1 aromatic heterocycles. The van der Waals surface area contributed by atoms with Crippen LogP contribution in [0.25, 0.3) is 11.3 Å². The summed E-state index contributed by atoms with van der Waals surface area (Å²) in [5, 5.41) is 10.5. The van der Waals surface area contributed by atoms with Gasteiger partial charge in [0, 0.05) is 5.56 Å². The minimum atomic E-state index is -0.844. The molecule has 0 atom stereocenters. The van der Waals surface area contributed by atoms with Crippen molar-refractivity contribution in [1.82, 2.24) is 5.32 Å². The second-order valence-corrected chi connectivity index (χ2v) is 8.32. The maximum absolute atomic E-state index is 12.7. The molecule has 0 unspecified atom stereocenters. The minimum absolute atomic E-state index is 0.343. The Morgan fingerprint density at radius 3 is 2.03 bits per heavy atom. The van der Waals surface area contributed by atoms with Gasteiger partial charge in [-0.15, -0.1) is 0 Å². The number of carbonyl (C=O) groups is 2. The average Bonchev–Trinajstić information content (AvgIpc) is 3.06. The summed E-state index contributed by atoms with van der Waals surface area (Å²) in [7, 11) is 0. The predicted octanol–water partition coefficient (Wildman–Crippen LogP) is 5.15. The Kier molecular flexibility index (Phi) is 6.36. The Labute approximate surface area is 170 Å². The van der Waals surface area contributed by atoms with Gasteiger partial charge in [0.15, 0.2) is 0 Å². The van der Waals surface area contributed by atoms with Crippen molar-refractivity contribution in [2.45, 2.75) is 52.7 Å². The van der Waals surface area contributed by atoms with Crippen LogP contribution in [0.2, 0.25) is 0 Å². The first-order valence-corrected chi connectivity index (χ1v) is 9.11. The average molecular weight is 401 g/mol. The molecule has 1 heterocycles. The zero-order valence-corrected chi connectivity index (χ0v) is 17.5. The summed E-state index contributed by atoms with van der Waals surface area (Å²) < 4.78 is 15.9. The lowest BCUT2D eigenvalue weighted by atomic mass is 10.1. The number of carbonyl (C=O) groups excluding carboxylic acids is 2. The number of alkyl carbamates (subject to hydrolysis) is 1. The van der Waals surface area contributed by atoms with Crippen LogP contribution < -0.4 is 10.2 Å². The molecule has 0 saturated heterocycles. The highest BCUT2D eigenvalue weighted by Gasteiger charge is 2.29. The van der Waals surface area contributed by atoms with E-state index in [2.05, 4.69) is 5.32 Å². The van der Waals surface area contributed by atoms with Gasteiger partial charge in [-0.25, -0.2) is 14.5 Å². The van der Waals surface area contributed by atoms with Gasteiger partial charge in [0.25, 0.3) is 0 Å². The molecule has 0 aliphatic rings. The van der Waals surface area contributed by atoms with E-state index in [0.29, 0.717) is 11.4 Å². The Morgan fingerprint density at radius 2 is 1.55 bits per heavy atom. The largest absolute Gasteiger partial charge is 0.464 e. The third-order valence-electron chi connectivity index (χ3n) is 3.35. The molecule has 2 N–H and O–H groups in total. The number of guanidine groups is 1. The molecule has 156 valence electrons. The second kappa shape index (κ2) is 8.38. The lowest BCUT2D eigenvalue weighted by Gasteiger charge is -2.28. The highest BCUT2D eigenvalue weighted by Crippen LogP contribution is 2.25. The Morgan fingerprint density at radius 1 is 0.966 bits per heavy atom. The fraction of sp³-hybridized carbons (Fsp3) is 0.381. The normalized spacial score (nSPS) is 11.5. The molecule has 0 aliphatic heterocycles. The number of nitrogens with zero attached hydrogens (tertiary/aromatic N) is 1. The summed E-state index contributed by atoms with van der Waals surface area (Å²) in [4.78, 5) is 25.7. The molecule has 2 rings (SSSR count). The molecule has 0 fully saturated rings. The van der Waals surface area contributed by atoms with Crippen LogP contribution in [0.15, 0.2) is 47.1 Å². The zero-order chi connectivity index (χ0) is 21.8. The molecule has 2 aromatic rings. The van der Waals surface area contributed by atoms with Crippen LogP contribution in [0.1, 0.15) is 41.5 Å². The van der Waals surface area contributed by atoms with E-state index in [9.17, 15) is 9.59 Å². The van der Waals surface area contributed by atoms with Crippen molar-refractivity contribution in [3.05, 3.63) is 42.7 Å². The summed E-state index contributed by atoms with van der Waals surface area (Å²) >= 11 is 0. The molecule has 0 aliphatic carbocycles. The highest BCUT2D eigenvalue weighted by molar-refractivity contribution is 6.16. The maximum atomic E-state index is 12.7. The molecule has 0 radical (unpaired) electrons. The van der Waals surface area contributed by atoms with Gasteiger partial charge < -0.3 is 13.9 Å². The van der Waals surface area contributed by atoms with E-state index in [1.165, 1.54) is 0 Å².